The van der Waals surface area contributed by atoms with E-state index in [9.17, 15) is 13.5 Å². The molecule has 1 heterocycles. The second-order valence-electron chi connectivity index (χ2n) is 7.61. The van der Waals surface area contributed by atoms with Crippen LogP contribution in [-0.4, -0.2) is 57.4 Å². The Labute approximate surface area is 194 Å². The molecule has 0 spiro atoms. The molecule has 1 aliphatic rings. The monoisotopic (exact) mass is 473 g/mol. The minimum atomic E-state index is -4.00. The van der Waals surface area contributed by atoms with E-state index in [2.05, 4.69) is 11.1 Å². The molecule has 0 unspecified atom stereocenters. The zero-order valence-corrected chi connectivity index (χ0v) is 19.1. The first-order chi connectivity index (χ1) is 15.9. The highest BCUT2D eigenvalue weighted by Crippen LogP contribution is 2.20. The van der Waals surface area contributed by atoms with Gasteiger partial charge >= 0.3 is 0 Å². The fourth-order valence-electron chi connectivity index (χ4n) is 3.04. The average molecular weight is 474 g/mol. The van der Waals surface area contributed by atoms with Crippen molar-refractivity contribution in [2.24, 2.45) is 5.16 Å². The summed E-state index contributed by atoms with van der Waals surface area (Å²) in [6, 6.07) is 15.9. The third-order valence-corrected chi connectivity index (χ3v) is 6.19. The van der Waals surface area contributed by atoms with Gasteiger partial charge in [0.15, 0.2) is 6.10 Å². The smallest absolute Gasteiger partial charge is 0.297 e. The highest BCUT2D eigenvalue weighted by molar-refractivity contribution is 7.86. The van der Waals surface area contributed by atoms with Gasteiger partial charge in [0, 0.05) is 6.42 Å². The number of rotatable bonds is 12. The SMILES string of the molecule is C#CC1=NO[C@H]([C@@H](COS(=O)(=O)c2ccc(C)cc2)OC[C@@H](O)COCc2ccccc2)C1. The molecule has 2 aromatic carbocycles. The lowest BCUT2D eigenvalue weighted by molar-refractivity contribution is -0.105. The van der Waals surface area contributed by atoms with Gasteiger partial charge in [-0.3, -0.25) is 4.18 Å². The number of aliphatic hydroxyl groups is 1. The molecule has 176 valence electrons. The maximum absolute atomic E-state index is 12.5. The van der Waals surface area contributed by atoms with Crippen molar-refractivity contribution in [3.8, 4) is 12.3 Å². The summed E-state index contributed by atoms with van der Waals surface area (Å²) in [4.78, 5) is 5.35. The second-order valence-corrected chi connectivity index (χ2v) is 9.22. The van der Waals surface area contributed by atoms with Gasteiger partial charge in [0.1, 0.15) is 17.9 Å². The van der Waals surface area contributed by atoms with Crippen LogP contribution in [0.5, 0.6) is 0 Å². The Morgan fingerprint density at radius 1 is 1.15 bits per heavy atom. The van der Waals surface area contributed by atoms with E-state index < -0.39 is 28.4 Å². The van der Waals surface area contributed by atoms with E-state index in [1.807, 2.05) is 37.3 Å². The van der Waals surface area contributed by atoms with Crippen LogP contribution in [0, 0.1) is 19.3 Å². The molecular weight excluding hydrogens is 446 g/mol. The van der Waals surface area contributed by atoms with Gasteiger partial charge in [-0.15, -0.1) is 6.42 Å². The van der Waals surface area contributed by atoms with Gasteiger partial charge in [-0.1, -0.05) is 59.1 Å². The van der Waals surface area contributed by atoms with Crippen molar-refractivity contribution in [2.45, 2.75) is 43.2 Å². The molecule has 0 fully saturated rings. The molecule has 9 heteroatoms. The van der Waals surface area contributed by atoms with Gasteiger partial charge in [-0.25, -0.2) is 0 Å². The number of nitrogens with zero attached hydrogens (tertiary/aromatic N) is 1. The minimum Gasteiger partial charge on any atom is -0.388 e. The van der Waals surface area contributed by atoms with Gasteiger partial charge < -0.3 is 19.4 Å². The number of aliphatic hydroxyl groups excluding tert-OH is 1. The van der Waals surface area contributed by atoms with Crippen LogP contribution in [0.25, 0.3) is 0 Å². The third kappa shape index (κ3) is 7.67. The van der Waals surface area contributed by atoms with Gasteiger partial charge in [-0.2, -0.15) is 8.42 Å². The predicted octanol–water partition coefficient (Wildman–Crippen LogP) is 2.44. The van der Waals surface area contributed by atoms with Gasteiger partial charge in [0.25, 0.3) is 10.1 Å². The van der Waals surface area contributed by atoms with E-state index in [4.69, 9.17) is 24.9 Å². The quantitative estimate of drug-likeness (QED) is 0.373. The molecule has 3 rings (SSSR count). The van der Waals surface area contributed by atoms with Crippen molar-refractivity contribution in [3.05, 3.63) is 65.7 Å². The number of benzene rings is 2. The summed E-state index contributed by atoms with van der Waals surface area (Å²) in [6.07, 6.45) is 3.24. The number of hydrogen-bond acceptors (Lipinski definition) is 8. The fraction of sp³-hybridized carbons (Fsp3) is 0.375. The highest BCUT2D eigenvalue weighted by Gasteiger charge is 2.32. The van der Waals surface area contributed by atoms with E-state index in [1.165, 1.54) is 12.1 Å². The molecule has 1 aliphatic heterocycles. The van der Waals surface area contributed by atoms with E-state index in [1.54, 1.807) is 12.1 Å². The van der Waals surface area contributed by atoms with Crippen LogP contribution in [0.3, 0.4) is 0 Å². The first kappa shape index (κ1) is 24.9. The van der Waals surface area contributed by atoms with E-state index >= 15 is 0 Å². The Balaban J connectivity index is 1.54. The van der Waals surface area contributed by atoms with Crippen molar-refractivity contribution in [2.75, 3.05) is 19.8 Å². The molecule has 0 saturated carbocycles. The first-order valence-corrected chi connectivity index (χ1v) is 11.8. The Bertz CT molecular complexity index is 1060. The van der Waals surface area contributed by atoms with Crippen molar-refractivity contribution in [1.82, 2.24) is 0 Å². The molecule has 8 nitrogen and oxygen atoms in total. The van der Waals surface area contributed by atoms with Crippen LogP contribution in [0.4, 0.5) is 0 Å². The maximum atomic E-state index is 12.5. The number of aryl methyl sites for hydroxylation is 1. The van der Waals surface area contributed by atoms with Crippen LogP contribution in [0.1, 0.15) is 17.5 Å². The van der Waals surface area contributed by atoms with Crippen LogP contribution in [0.2, 0.25) is 0 Å². The number of oxime groups is 1. The largest absolute Gasteiger partial charge is 0.388 e. The Kier molecular flexibility index (Phi) is 9.00. The zero-order chi connectivity index (χ0) is 23.7. The summed E-state index contributed by atoms with van der Waals surface area (Å²) in [5.41, 5.74) is 2.30. The molecule has 2 aromatic rings. The summed E-state index contributed by atoms with van der Waals surface area (Å²) in [7, 11) is -4.00. The summed E-state index contributed by atoms with van der Waals surface area (Å²) in [5.74, 6) is 2.40. The summed E-state index contributed by atoms with van der Waals surface area (Å²) in [6.45, 7) is 1.81. The maximum Gasteiger partial charge on any atom is 0.297 e. The van der Waals surface area contributed by atoms with Gasteiger partial charge in [0.05, 0.1) is 31.3 Å². The standard InChI is InChI=1S/C24H27NO7S/c1-3-20-13-23(32-25-20)24(17-31-33(27,28)22-11-9-18(2)10-12-22)30-16-21(26)15-29-14-19-7-5-4-6-8-19/h1,4-12,21,23-24,26H,13-17H2,2H3/t21-,23-,24+/m0/s1. The summed E-state index contributed by atoms with van der Waals surface area (Å²) >= 11 is 0. The molecule has 0 aromatic heterocycles. The number of terminal acetylenes is 1. The Morgan fingerprint density at radius 3 is 2.55 bits per heavy atom. The molecule has 0 bridgehead atoms. The fourth-order valence-corrected chi connectivity index (χ4v) is 3.96. The molecule has 0 radical (unpaired) electrons. The normalized spacial score (nSPS) is 17.6. The van der Waals surface area contributed by atoms with Gasteiger partial charge in [-0.05, 0) is 24.6 Å². The van der Waals surface area contributed by atoms with Crippen molar-refractivity contribution in [3.63, 3.8) is 0 Å². The number of hydrogen-bond donors (Lipinski definition) is 1. The highest BCUT2D eigenvalue weighted by atomic mass is 32.2. The third-order valence-electron chi connectivity index (χ3n) is 4.90. The van der Waals surface area contributed by atoms with E-state index in [0.29, 0.717) is 12.3 Å². The van der Waals surface area contributed by atoms with Crippen molar-refractivity contribution in [1.29, 1.82) is 0 Å². The molecule has 0 saturated heterocycles. The van der Waals surface area contributed by atoms with Gasteiger partial charge in [0.2, 0.25) is 0 Å². The minimum absolute atomic E-state index is 0.0362. The number of ether oxygens (including phenoxy) is 2. The average Bonchev–Trinajstić information content (AvgIpc) is 3.29. The van der Waals surface area contributed by atoms with Crippen molar-refractivity contribution >= 4 is 15.8 Å². The predicted molar refractivity (Wildman–Crippen MR) is 122 cm³/mol. The summed E-state index contributed by atoms with van der Waals surface area (Å²) < 4.78 is 41.6. The summed E-state index contributed by atoms with van der Waals surface area (Å²) in [5, 5.41) is 14.0. The topological polar surface area (TPSA) is 104 Å². The molecule has 0 amide bonds. The molecule has 1 N–H and O–H groups in total. The van der Waals surface area contributed by atoms with Crippen LogP contribution in [0.15, 0.2) is 64.6 Å². The molecule has 3 atom stereocenters. The first-order valence-electron chi connectivity index (χ1n) is 10.4. The molecular formula is C24H27NO7S. The Morgan fingerprint density at radius 2 is 1.88 bits per heavy atom. The lowest BCUT2D eigenvalue weighted by Crippen LogP contribution is -2.37. The van der Waals surface area contributed by atoms with Crippen LogP contribution >= 0.6 is 0 Å². The Hall–Kier alpha value is -2.74. The van der Waals surface area contributed by atoms with Crippen LogP contribution < -0.4 is 0 Å². The lowest BCUT2D eigenvalue weighted by Gasteiger charge is -2.23. The zero-order valence-electron chi connectivity index (χ0n) is 18.3. The lowest BCUT2D eigenvalue weighted by atomic mass is 10.1. The second kappa shape index (κ2) is 11.9. The molecule has 0 aliphatic carbocycles. The van der Waals surface area contributed by atoms with E-state index in [0.717, 1.165) is 11.1 Å². The molecule has 33 heavy (non-hydrogen) atoms. The van der Waals surface area contributed by atoms with E-state index in [-0.39, 0.29) is 31.1 Å². The van der Waals surface area contributed by atoms with Crippen LogP contribution in [-0.2, 0) is 35.2 Å². The van der Waals surface area contributed by atoms with Crippen molar-refractivity contribution < 1.29 is 32.0 Å².